The standard InChI is InChI=1S/C29H37B2N3OS/c1-17-5-7-21(8-6-17)26-12-27(13-26,14-26)33-25(35)20(4)29(31)15-28(36,11-19(29)3)34-16-32-23-9-18(2)22(30)10-24(23)34/h5-10,16,19-20,36H,11-15,30-31H2,1-4H3,(H,33,35). The molecule has 36 heavy (non-hydrogen) atoms. The van der Waals surface area contributed by atoms with Gasteiger partial charge in [-0.1, -0.05) is 54.7 Å². The van der Waals surface area contributed by atoms with E-state index in [2.05, 4.69) is 89.7 Å². The van der Waals surface area contributed by atoms with E-state index in [1.807, 2.05) is 6.33 Å². The van der Waals surface area contributed by atoms with Crippen LogP contribution < -0.4 is 10.8 Å². The first-order valence-electron chi connectivity index (χ1n) is 13.5. The van der Waals surface area contributed by atoms with Crippen LogP contribution in [0.2, 0.25) is 5.31 Å². The summed E-state index contributed by atoms with van der Waals surface area (Å²) in [5, 5.41) is 3.37. The van der Waals surface area contributed by atoms with Crippen molar-refractivity contribution >= 4 is 50.7 Å². The Balaban J connectivity index is 1.18. The van der Waals surface area contributed by atoms with Gasteiger partial charge in [-0.15, -0.1) is 0 Å². The van der Waals surface area contributed by atoms with Crippen molar-refractivity contribution in [1.82, 2.24) is 14.9 Å². The van der Waals surface area contributed by atoms with Crippen LogP contribution in [-0.4, -0.2) is 36.7 Å². The average Bonchev–Trinajstić information content (AvgIpc) is 3.28. The Hall–Kier alpha value is -2.14. The lowest BCUT2D eigenvalue weighted by molar-refractivity contribution is -0.142. The van der Waals surface area contributed by atoms with Crippen LogP contribution in [-0.2, 0) is 15.1 Å². The molecule has 0 spiro atoms. The number of amides is 1. The molecule has 2 aromatic carbocycles. The molecular weight excluding hydrogens is 460 g/mol. The Morgan fingerprint density at radius 1 is 1.17 bits per heavy atom. The topological polar surface area (TPSA) is 46.9 Å². The van der Waals surface area contributed by atoms with Gasteiger partial charge >= 0.3 is 0 Å². The number of rotatable bonds is 5. The molecule has 1 aromatic heterocycles. The fourth-order valence-electron chi connectivity index (χ4n) is 7.74. The third-order valence-electron chi connectivity index (χ3n) is 10.5. The fourth-order valence-corrected chi connectivity index (χ4v) is 8.52. The largest absolute Gasteiger partial charge is 0.350 e. The molecule has 0 aliphatic heterocycles. The zero-order valence-electron chi connectivity index (χ0n) is 22.5. The van der Waals surface area contributed by atoms with E-state index in [-0.39, 0.29) is 33.0 Å². The van der Waals surface area contributed by atoms with Crippen molar-refractivity contribution in [2.75, 3.05) is 0 Å². The van der Waals surface area contributed by atoms with E-state index in [0.717, 1.165) is 43.1 Å². The summed E-state index contributed by atoms with van der Waals surface area (Å²) >= 11 is 5.28. The molecule has 4 atom stereocenters. The molecule has 4 nitrogen and oxygen atoms in total. The minimum Gasteiger partial charge on any atom is -0.350 e. The number of hydrogen-bond acceptors (Lipinski definition) is 3. The van der Waals surface area contributed by atoms with Crippen LogP contribution in [0.15, 0.2) is 42.7 Å². The van der Waals surface area contributed by atoms with Crippen LogP contribution in [0.4, 0.5) is 0 Å². The summed E-state index contributed by atoms with van der Waals surface area (Å²) in [5.74, 6) is 0.498. The molecule has 1 amide bonds. The lowest BCUT2D eigenvalue weighted by atomic mass is 9.37. The molecule has 2 bridgehead atoms. The quantitative estimate of drug-likeness (QED) is 0.420. The first-order chi connectivity index (χ1) is 16.9. The predicted molar refractivity (Wildman–Crippen MR) is 156 cm³/mol. The van der Waals surface area contributed by atoms with E-state index >= 15 is 0 Å². The molecule has 4 saturated carbocycles. The van der Waals surface area contributed by atoms with E-state index in [1.54, 1.807) is 0 Å². The molecule has 4 fully saturated rings. The first kappa shape index (κ1) is 24.2. The van der Waals surface area contributed by atoms with Gasteiger partial charge in [0.1, 0.15) is 15.7 Å². The van der Waals surface area contributed by atoms with Crippen LogP contribution >= 0.6 is 12.6 Å². The minimum atomic E-state index is -0.356. The molecular formula is C29H37B2N3OS. The van der Waals surface area contributed by atoms with Crippen molar-refractivity contribution < 1.29 is 4.79 Å². The Morgan fingerprint density at radius 2 is 1.83 bits per heavy atom. The van der Waals surface area contributed by atoms with Gasteiger partial charge in [0, 0.05) is 16.9 Å². The Kier molecular flexibility index (Phi) is 5.17. The third-order valence-corrected chi connectivity index (χ3v) is 11.1. The second kappa shape index (κ2) is 7.69. The normalized spacial score (nSPS) is 35.8. The molecule has 1 heterocycles. The second-order valence-corrected chi connectivity index (χ2v) is 13.8. The number of nitrogens with zero attached hydrogens (tertiary/aromatic N) is 2. The van der Waals surface area contributed by atoms with Crippen LogP contribution in [0.3, 0.4) is 0 Å². The van der Waals surface area contributed by atoms with Crippen LogP contribution in [0.25, 0.3) is 11.0 Å². The number of nitrogens with one attached hydrogen (secondary N) is 1. The molecule has 186 valence electrons. The monoisotopic (exact) mass is 497 g/mol. The molecule has 0 radical (unpaired) electrons. The summed E-state index contributed by atoms with van der Waals surface area (Å²) in [6.07, 6.45) is 6.94. The number of carbonyl (C=O) groups excluding carboxylic acids is 1. The molecule has 3 aromatic rings. The first-order valence-corrected chi connectivity index (χ1v) is 13.9. The zero-order chi connectivity index (χ0) is 25.7. The van der Waals surface area contributed by atoms with Gasteiger partial charge in [-0.2, -0.15) is 12.6 Å². The van der Waals surface area contributed by atoms with Gasteiger partial charge in [0.05, 0.1) is 22.2 Å². The highest BCUT2D eigenvalue weighted by Gasteiger charge is 2.69. The Labute approximate surface area is 222 Å². The van der Waals surface area contributed by atoms with Gasteiger partial charge in [0.15, 0.2) is 0 Å². The van der Waals surface area contributed by atoms with E-state index in [0.29, 0.717) is 5.92 Å². The number of imidazole rings is 1. The van der Waals surface area contributed by atoms with Crippen molar-refractivity contribution in [3.05, 3.63) is 59.4 Å². The Bertz CT molecular complexity index is 1370. The molecule has 4 unspecified atom stereocenters. The molecule has 4 aliphatic carbocycles. The number of carbonyl (C=O) groups is 1. The lowest BCUT2D eigenvalue weighted by Gasteiger charge is -2.71. The van der Waals surface area contributed by atoms with Crippen LogP contribution in [0.1, 0.15) is 62.6 Å². The summed E-state index contributed by atoms with van der Waals surface area (Å²) < 4.78 is 2.26. The van der Waals surface area contributed by atoms with Gasteiger partial charge in [0.25, 0.3) is 0 Å². The van der Waals surface area contributed by atoms with Crippen molar-refractivity contribution in [3.63, 3.8) is 0 Å². The molecule has 1 N–H and O–H groups in total. The molecule has 7 heteroatoms. The zero-order valence-corrected chi connectivity index (χ0v) is 23.4. The summed E-state index contributed by atoms with van der Waals surface area (Å²) in [6, 6.07) is 13.4. The summed E-state index contributed by atoms with van der Waals surface area (Å²) in [4.78, 5) is 18.0. The van der Waals surface area contributed by atoms with Crippen molar-refractivity contribution in [2.24, 2.45) is 11.8 Å². The predicted octanol–water partition coefficient (Wildman–Crippen LogP) is 3.34. The second-order valence-electron chi connectivity index (χ2n) is 13.0. The smallest absolute Gasteiger partial charge is 0.223 e. The maximum Gasteiger partial charge on any atom is 0.223 e. The molecule has 0 saturated heterocycles. The van der Waals surface area contributed by atoms with Crippen LogP contribution in [0.5, 0.6) is 0 Å². The van der Waals surface area contributed by atoms with Gasteiger partial charge < -0.3 is 9.88 Å². The lowest BCUT2D eigenvalue weighted by Crippen LogP contribution is -2.77. The minimum absolute atomic E-state index is 0.00240. The van der Waals surface area contributed by atoms with Crippen molar-refractivity contribution in [3.8, 4) is 0 Å². The third kappa shape index (κ3) is 3.37. The van der Waals surface area contributed by atoms with E-state index in [1.165, 1.54) is 22.2 Å². The number of aryl methyl sites for hydroxylation is 2. The highest BCUT2D eigenvalue weighted by Crippen LogP contribution is 2.68. The number of thiol groups is 1. The number of fused-ring (bicyclic) bond motifs is 1. The van der Waals surface area contributed by atoms with Gasteiger partial charge in [-0.25, -0.2) is 4.98 Å². The van der Waals surface area contributed by atoms with Crippen LogP contribution in [0, 0.1) is 25.7 Å². The average molecular weight is 497 g/mol. The highest BCUT2D eigenvalue weighted by molar-refractivity contribution is 7.81. The number of aromatic nitrogens is 2. The summed E-state index contributed by atoms with van der Waals surface area (Å²) in [6.45, 7) is 8.69. The van der Waals surface area contributed by atoms with E-state index in [4.69, 9.17) is 17.6 Å². The van der Waals surface area contributed by atoms with Crippen molar-refractivity contribution in [1.29, 1.82) is 0 Å². The SMILES string of the molecule is Bc1cc2c(cc1C)ncn2C1(S)CC(C)C(B)(C(C)C(=O)NC23CC(c4ccc(C)cc4)(C2)C3)C1. The summed E-state index contributed by atoms with van der Waals surface area (Å²) in [7, 11) is 4.45. The highest BCUT2D eigenvalue weighted by atomic mass is 32.1. The van der Waals surface area contributed by atoms with Gasteiger partial charge in [0.2, 0.25) is 5.91 Å². The van der Waals surface area contributed by atoms with Gasteiger partial charge in [-0.3, -0.25) is 4.79 Å². The number of hydrogen-bond donors (Lipinski definition) is 2. The number of benzene rings is 2. The van der Waals surface area contributed by atoms with E-state index < -0.39 is 0 Å². The van der Waals surface area contributed by atoms with Crippen molar-refractivity contribution in [2.45, 2.75) is 80.9 Å². The fraction of sp³-hybridized carbons (Fsp3) is 0.517. The maximum atomic E-state index is 13.6. The molecule has 4 aliphatic rings. The van der Waals surface area contributed by atoms with Gasteiger partial charge in [-0.05, 0) is 74.9 Å². The summed E-state index contributed by atoms with van der Waals surface area (Å²) in [5.41, 5.74) is 7.71. The molecule has 7 rings (SSSR count). The van der Waals surface area contributed by atoms with E-state index in [9.17, 15) is 4.79 Å². The Morgan fingerprint density at radius 3 is 2.50 bits per heavy atom. The maximum absolute atomic E-state index is 13.6.